The lowest BCUT2D eigenvalue weighted by Gasteiger charge is -2.29. The standard InChI is InChI=1S/C23H28/c1-16-10-13-21(23(14-16)19-8-5-9-19)20-12-11-17(2)22(15-20)18-6-3-4-7-18/h10-15,18-19H,3-9H2,1-2H3. The largest absolute Gasteiger partial charge is 0.0587 e. The third kappa shape index (κ3) is 2.84. The average molecular weight is 304 g/mol. The number of aryl methyl sites for hydroxylation is 2. The van der Waals surface area contributed by atoms with E-state index < -0.39 is 0 Å². The Bertz CT molecular complexity index is 700. The van der Waals surface area contributed by atoms with E-state index in [9.17, 15) is 0 Å². The van der Waals surface area contributed by atoms with Crippen LogP contribution in [-0.4, -0.2) is 0 Å². The summed E-state index contributed by atoms with van der Waals surface area (Å²) < 4.78 is 0. The molecule has 2 aliphatic rings. The van der Waals surface area contributed by atoms with E-state index in [0.717, 1.165) is 11.8 Å². The molecule has 0 aromatic heterocycles. The fraction of sp³-hybridized carbons (Fsp3) is 0.478. The number of hydrogen-bond acceptors (Lipinski definition) is 0. The van der Waals surface area contributed by atoms with E-state index in [1.807, 2.05) is 0 Å². The van der Waals surface area contributed by atoms with Gasteiger partial charge in [-0.25, -0.2) is 0 Å². The summed E-state index contributed by atoms with van der Waals surface area (Å²) in [7, 11) is 0. The van der Waals surface area contributed by atoms with Gasteiger partial charge >= 0.3 is 0 Å². The summed E-state index contributed by atoms with van der Waals surface area (Å²) in [6.07, 6.45) is 9.73. The SMILES string of the molecule is Cc1ccc(-c2ccc(C)c(C3CCCC3)c2)c(C2CCC2)c1. The van der Waals surface area contributed by atoms with Crippen LogP contribution < -0.4 is 0 Å². The number of hydrogen-bond donors (Lipinski definition) is 0. The summed E-state index contributed by atoms with van der Waals surface area (Å²) in [5.74, 6) is 1.59. The van der Waals surface area contributed by atoms with E-state index in [1.54, 1.807) is 11.1 Å². The van der Waals surface area contributed by atoms with Crippen LogP contribution in [0.3, 0.4) is 0 Å². The molecule has 0 nitrogen and oxygen atoms in total. The molecule has 0 bridgehead atoms. The van der Waals surface area contributed by atoms with Crippen molar-refractivity contribution in [2.75, 3.05) is 0 Å². The molecule has 2 aromatic carbocycles. The molecule has 0 unspecified atom stereocenters. The Morgan fingerprint density at radius 2 is 1.39 bits per heavy atom. The lowest BCUT2D eigenvalue weighted by molar-refractivity contribution is 0.420. The fourth-order valence-electron chi connectivity index (χ4n) is 4.49. The van der Waals surface area contributed by atoms with Crippen molar-refractivity contribution in [3.63, 3.8) is 0 Å². The first-order chi connectivity index (χ1) is 11.2. The predicted molar refractivity (Wildman–Crippen MR) is 99.2 cm³/mol. The van der Waals surface area contributed by atoms with Crippen molar-refractivity contribution in [1.29, 1.82) is 0 Å². The van der Waals surface area contributed by atoms with Crippen LogP contribution in [0.1, 0.15) is 79.0 Å². The van der Waals surface area contributed by atoms with Crippen molar-refractivity contribution < 1.29 is 0 Å². The molecule has 0 N–H and O–H groups in total. The smallest absolute Gasteiger partial charge is 0.0149 e. The topological polar surface area (TPSA) is 0 Å². The van der Waals surface area contributed by atoms with Crippen molar-refractivity contribution in [2.24, 2.45) is 0 Å². The lowest BCUT2D eigenvalue weighted by atomic mass is 9.76. The van der Waals surface area contributed by atoms with Gasteiger partial charge < -0.3 is 0 Å². The first-order valence-electron chi connectivity index (χ1n) is 9.44. The van der Waals surface area contributed by atoms with Crippen LogP contribution in [0.2, 0.25) is 0 Å². The van der Waals surface area contributed by atoms with Crippen molar-refractivity contribution in [3.05, 3.63) is 58.7 Å². The highest BCUT2D eigenvalue weighted by Crippen LogP contribution is 2.43. The summed E-state index contributed by atoms with van der Waals surface area (Å²) in [5, 5.41) is 0. The summed E-state index contributed by atoms with van der Waals surface area (Å²) >= 11 is 0. The molecule has 2 aliphatic carbocycles. The van der Waals surface area contributed by atoms with Gasteiger partial charge in [0.05, 0.1) is 0 Å². The maximum Gasteiger partial charge on any atom is -0.0149 e. The first-order valence-corrected chi connectivity index (χ1v) is 9.44. The maximum atomic E-state index is 2.51. The van der Waals surface area contributed by atoms with Gasteiger partial charge in [0.25, 0.3) is 0 Å². The van der Waals surface area contributed by atoms with Crippen molar-refractivity contribution in [1.82, 2.24) is 0 Å². The second-order valence-electron chi connectivity index (χ2n) is 7.77. The Balaban J connectivity index is 1.77. The van der Waals surface area contributed by atoms with Gasteiger partial charge in [0.1, 0.15) is 0 Å². The highest BCUT2D eigenvalue weighted by atomic mass is 14.3. The van der Waals surface area contributed by atoms with E-state index in [1.165, 1.54) is 67.2 Å². The molecule has 0 spiro atoms. The Morgan fingerprint density at radius 3 is 2.09 bits per heavy atom. The molecule has 120 valence electrons. The van der Waals surface area contributed by atoms with Crippen LogP contribution in [0.4, 0.5) is 0 Å². The Labute approximate surface area is 140 Å². The normalized spacial score (nSPS) is 19.0. The highest BCUT2D eigenvalue weighted by molar-refractivity contribution is 5.70. The van der Waals surface area contributed by atoms with Gasteiger partial charge in [-0.3, -0.25) is 0 Å². The zero-order chi connectivity index (χ0) is 15.8. The summed E-state index contributed by atoms with van der Waals surface area (Å²) in [5.41, 5.74) is 9.02. The molecule has 0 heteroatoms. The van der Waals surface area contributed by atoms with Crippen molar-refractivity contribution >= 4 is 0 Å². The van der Waals surface area contributed by atoms with Gasteiger partial charge in [-0.05, 0) is 79.2 Å². The molecule has 23 heavy (non-hydrogen) atoms. The molecular formula is C23H28. The third-order valence-corrected chi connectivity index (χ3v) is 6.14. The molecule has 2 fully saturated rings. The van der Waals surface area contributed by atoms with Crippen LogP contribution in [0.5, 0.6) is 0 Å². The molecule has 0 atom stereocenters. The van der Waals surface area contributed by atoms with Crippen LogP contribution in [0, 0.1) is 13.8 Å². The molecule has 0 aliphatic heterocycles. The number of benzene rings is 2. The van der Waals surface area contributed by atoms with Crippen molar-refractivity contribution in [3.8, 4) is 11.1 Å². The van der Waals surface area contributed by atoms with Gasteiger partial charge in [0, 0.05) is 0 Å². The zero-order valence-electron chi connectivity index (χ0n) is 14.6. The minimum Gasteiger partial charge on any atom is -0.0587 e. The molecule has 0 saturated heterocycles. The minimum absolute atomic E-state index is 0.793. The lowest BCUT2D eigenvalue weighted by Crippen LogP contribution is -2.10. The zero-order valence-corrected chi connectivity index (χ0v) is 14.6. The summed E-state index contributed by atoms with van der Waals surface area (Å²) in [4.78, 5) is 0. The third-order valence-electron chi connectivity index (χ3n) is 6.14. The Hall–Kier alpha value is -1.56. The van der Waals surface area contributed by atoms with Gasteiger partial charge in [-0.15, -0.1) is 0 Å². The highest BCUT2D eigenvalue weighted by Gasteiger charge is 2.24. The van der Waals surface area contributed by atoms with Gasteiger partial charge in [-0.2, -0.15) is 0 Å². The van der Waals surface area contributed by atoms with E-state index in [0.29, 0.717) is 0 Å². The predicted octanol–water partition coefficient (Wildman–Crippen LogP) is 6.90. The van der Waals surface area contributed by atoms with Gasteiger partial charge in [0.15, 0.2) is 0 Å². The summed E-state index contributed by atoms with van der Waals surface area (Å²) in [6, 6.07) is 14.3. The van der Waals surface area contributed by atoms with Crippen LogP contribution in [0.25, 0.3) is 11.1 Å². The Morgan fingerprint density at radius 1 is 0.696 bits per heavy atom. The molecule has 2 saturated carbocycles. The average Bonchev–Trinajstić information content (AvgIpc) is 3.01. The second kappa shape index (κ2) is 6.15. The summed E-state index contributed by atoms with van der Waals surface area (Å²) in [6.45, 7) is 4.52. The van der Waals surface area contributed by atoms with Crippen molar-refractivity contribution in [2.45, 2.75) is 70.6 Å². The van der Waals surface area contributed by atoms with E-state index in [-0.39, 0.29) is 0 Å². The van der Waals surface area contributed by atoms with E-state index >= 15 is 0 Å². The first kappa shape index (κ1) is 15.0. The molecular weight excluding hydrogens is 276 g/mol. The van der Waals surface area contributed by atoms with Crippen LogP contribution in [-0.2, 0) is 0 Å². The molecule has 4 rings (SSSR count). The van der Waals surface area contributed by atoms with Gasteiger partial charge in [-0.1, -0.05) is 61.2 Å². The number of rotatable bonds is 3. The molecule has 0 heterocycles. The maximum absolute atomic E-state index is 2.51. The molecule has 0 amide bonds. The van der Waals surface area contributed by atoms with Gasteiger partial charge in [0.2, 0.25) is 0 Å². The quantitative estimate of drug-likeness (QED) is 0.578. The van der Waals surface area contributed by atoms with E-state index in [4.69, 9.17) is 0 Å². The van der Waals surface area contributed by atoms with E-state index in [2.05, 4.69) is 50.2 Å². The fourth-order valence-corrected chi connectivity index (χ4v) is 4.49. The second-order valence-corrected chi connectivity index (χ2v) is 7.77. The molecule has 0 radical (unpaired) electrons. The van der Waals surface area contributed by atoms with Crippen LogP contribution >= 0.6 is 0 Å². The Kier molecular flexibility index (Phi) is 4.01. The molecule has 2 aromatic rings. The van der Waals surface area contributed by atoms with Crippen LogP contribution in [0.15, 0.2) is 36.4 Å². The monoisotopic (exact) mass is 304 g/mol. The minimum atomic E-state index is 0.793.